The Morgan fingerprint density at radius 3 is 2.79 bits per heavy atom. The summed E-state index contributed by atoms with van der Waals surface area (Å²) < 4.78 is 0.568. The van der Waals surface area contributed by atoms with Gasteiger partial charge in [-0.15, -0.1) is 11.3 Å². The first-order valence-electron chi connectivity index (χ1n) is 5.46. The molecule has 0 atom stereocenters. The standard InChI is InChI=1S/C14H10ClNO2S/c15-13-8-7-12(19-13)14(18)16-11-6-2-1-4-10(11)5-3-9-17/h1-2,4,6-8,17H,9H2,(H,16,18). The molecule has 5 heteroatoms. The van der Waals surface area contributed by atoms with Gasteiger partial charge >= 0.3 is 0 Å². The Morgan fingerprint density at radius 2 is 2.11 bits per heavy atom. The highest BCUT2D eigenvalue weighted by Crippen LogP contribution is 2.23. The number of anilines is 1. The van der Waals surface area contributed by atoms with Crippen LogP contribution in [-0.2, 0) is 0 Å². The van der Waals surface area contributed by atoms with Crippen LogP contribution in [0.1, 0.15) is 15.2 Å². The quantitative estimate of drug-likeness (QED) is 0.836. The molecule has 0 saturated heterocycles. The highest BCUT2D eigenvalue weighted by atomic mass is 35.5. The van der Waals surface area contributed by atoms with E-state index in [0.717, 1.165) is 0 Å². The fourth-order valence-corrected chi connectivity index (χ4v) is 2.39. The molecule has 0 aliphatic rings. The van der Waals surface area contributed by atoms with Gasteiger partial charge in [-0.3, -0.25) is 4.79 Å². The van der Waals surface area contributed by atoms with Crippen LogP contribution >= 0.6 is 22.9 Å². The zero-order valence-electron chi connectivity index (χ0n) is 9.81. The van der Waals surface area contributed by atoms with Crippen molar-refractivity contribution in [3.63, 3.8) is 0 Å². The van der Waals surface area contributed by atoms with Gasteiger partial charge in [-0.1, -0.05) is 35.6 Å². The number of para-hydroxylation sites is 1. The molecular weight excluding hydrogens is 282 g/mol. The average Bonchev–Trinajstić information content (AvgIpc) is 2.84. The minimum Gasteiger partial charge on any atom is -0.384 e. The molecule has 1 amide bonds. The second-order valence-electron chi connectivity index (χ2n) is 3.56. The van der Waals surface area contributed by atoms with Gasteiger partial charge < -0.3 is 10.4 Å². The molecular formula is C14H10ClNO2S. The minimum atomic E-state index is -0.227. The molecule has 0 saturated carbocycles. The Bertz CT molecular complexity index is 655. The highest BCUT2D eigenvalue weighted by molar-refractivity contribution is 7.18. The van der Waals surface area contributed by atoms with Gasteiger partial charge in [0.25, 0.3) is 5.91 Å². The Morgan fingerprint density at radius 1 is 1.32 bits per heavy atom. The number of aliphatic hydroxyl groups excluding tert-OH is 1. The molecule has 0 unspecified atom stereocenters. The maximum atomic E-state index is 12.0. The van der Waals surface area contributed by atoms with E-state index in [1.807, 2.05) is 6.07 Å². The predicted molar refractivity (Wildman–Crippen MR) is 77.7 cm³/mol. The number of hydrogen-bond acceptors (Lipinski definition) is 3. The lowest BCUT2D eigenvalue weighted by Crippen LogP contribution is -2.11. The monoisotopic (exact) mass is 291 g/mol. The zero-order chi connectivity index (χ0) is 13.7. The highest BCUT2D eigenvalue weighted by Gasteiger charge is 2.10. The van der Waals surface area contributed by atoms with E-state index in [1.165, 1.54) is 11.3 Å². The molecule has 1 heterocycles. The Balaban J connectivity index is 2.21. The first-order valence-corrected chi connectivity index (χ1v) is 6.65. The Hall–Kier alpha value is -1.80. The van der Waals surface area contributed by atoms with Crippen LogP contribution in [-0.4, -0.2) is 17.6 Å². The molecule has 0 spiro atoms. The van der Waals surface area contributed by atoms with Crippen molar-refractivity contribution in [2.24, 2.45) is 0 Å². The molecule has 1 aromatic carbocycles. The van der Waals surface area contributed by atoms with Crippen molar-refractivity contribution in [2.45, 2.75) is 0 Å². The topological polar surface area (TPSA) is 49.3 Å². The third-order valence-corrected chi connectivity index (χ3v) is 3.50. The number of thiophene rings is 1. The van der Waals surface area contributed by atoms with Crippen molar-refractivity contribution in [3.05, 3.63) is 51.2 Å². The summed E-state index contributed by atoms with van der Waals surface area (Å²) in [6.45, 7) is -0.219. The molecule has 2 aromatic rings. The van der Waals surface area contributed by atoms with Gasteiger partial charge in [0.05, 0.1) is 14.9 Å². The third-order valence-electron chi connectivity index (χ3n) is 2.27. The average molecular weight is 292 g/mol. The molecule has 0 radical (unpaired) electrons. The van der Waals surface area contributed by atoms with E-state index in [4.69, 9.17) is 16.7 Å². The second kappa shape index (κ2) is 6.39. The lowest BCUT2D eigenvalue weighted by Gasteiger charge is -2.05. The summed E-state index contributed by atoms with van der Waals surface area (Å²) in [5.74, 6) is 5.12. The molecule has 2 N–H and O–H groups in total. The summed E-state index contributed by atoms with van der Waals surface area (Å²) in [7, 11) is 0. The summed E-state index contributed by atoms with van der Waals surface area (Å²) in [4.78, 5) is 12.5. The molecule has 19 heavy (non-hydrogen) atoms. The van der Waals surface area contributed by atoms with Crippen molar-refractivity contribution in [1.29, 1.82) is 0 Å². The van der Waals surface area contributed by atoms with E-state index in [1.54, 1.807) is 30.3 Å². The van der Waals surface area contributed by atoms with E-state index >= 15 is 0 Å². The normalized spacial score (nSPS) is 9.58. The number of carbonyl (C=O) groups is 1. The van der Waals surface area contributed by atoms with Crippen molar-refractivity contribution >= 4 is 34.5 Å². The number of rotatable bonds is 2. The van der Waals surface area contributed by atoms with Gasteiger partial charge in [-0.05, 0) is 24.3 Å². The number of benzene rings is 1. The maximum Gasteiger partial charge on any atom is 0.265 e. The predicted octanol–water partition coefficient (Wildman–Crippen LogP) is 3.00. The smallest absolute Gasteiger partial charge is 0.265 e. The van der Waals surface area contributed by atoms with Crippen molar-refractivity contribution in [2.75, 3.05) is 11.9 Å². The van der Waals surface area contributed by atoms with E-state index in [0.29, 0.717) is 20.5 Å². The Labute approximate surface area is 119 Å². The number of carbonyl (C=O) groups excluding carboxylic acids is 1. The van der Waals surface area contributed by atoms with Crippen LogP contribution in [0.5, 0.6) is 0 Å². The number of aliphatic hydroxyl groups is 1. The van der Waals surface area contributed by atoms with Crippen LogP contribution in [0.2, 0.25) is 4.34 Å². The molecule has 3 nitrogen and oxygen atoms in total. The summed E-state index contributed by atoms with van der Waals surface area (Å²) in [5, 5.41) is 11.5. The van der Waals surface area contributed by atoms with Crippen molar-refractivity contribution in [3.8, 4) is 11.8 Å². The van der Waals surface area contributed by atoms with E-state index in [9.17, 15) is 4.79 Å². The largest absolute Gasteiger partial charge is 0.384 e. The van der Waals surface area contributed by atoms with Crippen LogP contribution in [0, 0.1) is 11.8 Å². The first kappa shape index (κ1) is 13.6. The van der Waals surface area contributed by atoms with Gasteiger partial charge in [0, 0.05) is 5.56 Å². The lowest BCUT2D eigenvalue weighted by atomic mass is 10.2. The molecule has 0 aliphatic heterocycles. The fraction of sp³-hybridized carbons (Fsp3) is 0.0714. The van der Waals surface area contributed by atoms with Crippen LogP contribution in [0.4, 0.5) is 5.69 Å². The van der Waals surface area contributed by atoms with Gasteiger partial charge in [0.1, 0.15) is 6.61 Å². The van der Waals surface area contributed by atoms with E-state index in [-0.39, 0.29) is 12.5 Å². The molecule has 96 valence electrons. The Kier molecular flexibility index (Phi) is 4.58. The number of amides is 1. The molecule has 0 fully saturated rings. The SMILES string of the molecule is O=C(Nc1ccccc1C#CCO)c1ccc(Cl)s1. The van der Waals surface area contributed by atoms with Crippen LogP contribution in [0.3, 0.4) is 0 Å². The zero-order valence-corrected chi connectivity index (χ0v) is 11.4. The third kappa shape index (κ3) is 3.58. The van der Waals surface area contributed by atoms with Crippen molar-refractivity contribution in [1.82, 2.24) is 0 Å². The van der Waals surface area contributed by atoms with E-state index < -0.39 is 0 Å². The van der Waals surface area contributed by atoms with E-state index in [2.05, 4.69) is 17.2 Å². The number of halogens is 1. The van der Waals surface area contributed by atoms with Gasteiger partial charge in [0.2, 0.25) is 0 Å². The summed E-state index contributed by atoms with van der Waals surface area (Å²) >= 11 is 7.01. The molecule has 0 bridgehead atoms. The minimum absolute atomic E-state index is 0.219. The number of hydrogen-bond donors (Lipinski definition) is 2. The van der Waals surface area contributed by atoms with Crippen molar-refractivity contribution < 1.29 is 9.90 Å². The molecule has 0 aliphatic carbocycles. The van der Waals surface area contributed by atoms with Crippen LogP contribution in [0.15, 0.2) is 36.4 Å². The van der Waals surface area contributed by atoms with Crippen LogP contribution in [0.25, 0.3) is 0 Å². The number of nitrogens with one attached hydrogen (secondary N) is 1. The lowest BCUT2D eigenvalue weighted by molar-refractivity contribution is 0.103. The summed E-state index contributed by atoms with van der Waals surface area (Å²) in [6.07, 6.45) is 0. The van der Waals surface area contributed by atoms with Crippen LogP contribution < -0.4 is 5.32 Å². The van der Waals surface area contributed by atoms with Gasteiger partial charge in [-0.25, -0.2) is 0 Å². The summed E-state index contributed by atoms with van der Waals surface area (Å²) in [5.41, 5.74) is 1.27. The molecule has 1 aromatic heterocycles. The van der Waals surface area contributed by atoms with Gasteiger partial charge in [0.15, 0.2) is 0 Å². The maximum absolute atomic E-state index is 12.0. The summed E-state index contributed by atoms with van der Waals surface area (Å²) in [6, 6.07) is 10.5. The van der Waals surface area contributed by atoms with Gasteiger partial charge in [-0.2, -0.15) is 0 Å². The first-order chi connectivity index (χ1) is 9.20. The fourth-order valence-electron chi connectivity index (χ4n) is 1.46. The second-order valence-corrected chi connectivity index (χ2v) is 5.28. The molecule has 2 rings (SSSR count).